The van der Waals surface area contributed by atoms with Gasteiger partial charge in [-0.2, -0.15) is 0 Å². The number of carbonyl (C=O) groups is 1. The van der Waals surface area contributed by atoms with Crippen LogP contribution in [-0.4, -0.2) is 57.1 Å². The van der Waals surface area contributed by atoms with Gasteiger partial charge in [0.25, 0.3) is 0 Å². The Bertz CT molecular complexity index is 747. The highest BCUT2D eigenvalue weighted by molar-refractivity contribution is 6.00. The highest BCUT2D eigenvalue weighted by atomic mass is 16.5. The molecule has 1 unspecified atom stereocenters. The smallest absolute Gasteiger partial charge is 0.179 e. The van der Waals surface area contributed by atoms with E-state index in [-0.39, 0.29) is 11.8 Å². The van der Waals surface area contributed by atoms with Crippen LogP contribution in [-0.2, 0) is 11.2 Å². The molecule has 28 heavy (non-hydrogen) atoms. The van der Waals surface area contributed by atoms with E-state index in [4.69, 9.17) is 4.74 Å². The standard InChI is InChI=1S/C24H32N2O2/c1-19-7-9-20(10-8-19)5-4-6-23(25(2)3)24(27)21-11-13-22(14-12-21)26-15-17-28-18-16-26/h7-14,23H,4-6,15-18H2,1-3H3. The van der Waals surface area contributed by atoms with Crippen molar-refractivity contribution in [2.45, 2.75) is 32.2 Å². The number of hydrogen-bond acceptors (Lipinski definition) is 4. The number of rotatable bonds is 8. The lowest BCUT2D eigenvalue weighted by Crippen LogP contribution is -2.37. The van der Waals surface area contributed by atoms with Crippen LogP contribution in [0.2, 0.25) is 0 Å². The van der Waals surface area contributed by atoms with Gasteiger partial charge in [-0.1, -0.05) is 29.8 Å². The summed E-state index contributed by atoms with van der Waals surface area (Å²) < 4.78 is 5.41. The molecule has 0 bridgehead atoms. The fourth-order valence-corrected chi connectivity index (χ4v) is 3.73. The molecule has 0 aromatic heterocycles. The number of carbonyl (C=O) groups excluding carboxylic acids is 1. The fraction of sp³-hybridized carbons (Fsp3) is 0.458. The van der Waals surface area contributed by atoms with E-state index in [0.29, 0.717) is 0 Å². The Morgan fingerprint density at radius 1 is 1.04 bits per heavy atom. The van der Waals surface area contributed by atoms with Crippen LogP contribution in [0.4, 0.5) is 5.69 Å². The van der Waals surface area contributed by atoms with E-state index in [1.165, 1.54) is 16.8 Å². The predicted octanol–water partition coefficient (Wildman–Crippen LogP) is 3.97. The van der Waals surface area contributed by atoms with Gasteiger partial charge in [-0.25, -0.2) is 0 Å². The minimum Gasteiger partial charge on any atom is -0.378 e. The molecule has 0 saturated carbocycles. The van der Waals surface area contributed by atoms with Crippen LogP contribution >= 0.6 is 0 Å². The van der Waals surface area contributed by atoms with Crippen molar-refractivity contribution in [3.05, 3.63) is 65.2 Å². The maximum atomic E-state index is 13.1. The average molecular weight is 381 g/mol. The van der Waals surface area contributed by atoms with Crippen LogP contribution in [0.3, 0.4) is 0 Å². The van der Waals surface area contributed by atoms with E-state index < -0.39 is 0 Å². The van der Waals surface area contributed by atoms with E-state index >= 15 is 0 Å². The second kappa shape index (κ2) is 9.85. The van der Waals surface area contributed by atoms with Crippen LogP contribution in [0.5, 0.6) is 0 Å². The molecule has 2 aromatic carbocycles. The zero-order valence-corrected chi connectivity index (χ0v) is 17.4. The first-order valence-electron chi connectivity index (χ1n) is 10.2. The summed E-state index contributed by atoms with van der Waals surface area (Å²) in [4.78, 5) is 17.4. The van der Waals surface area contributed by atoms with Crippen LogP contribution < -0.4 is 4.90 Å². The van der Waals surface area contributed by atoms with Crippen LogP contribution in [0.1, 0.15) is 34.3 Å². The molecule has 0 N–H and O–H groups in total. The van der Waals surface area contributed by atoms with Gasteiger partial charge in [0.05, 0.1) is 19.3 Å². The molecule has 150 valence electrons. The minimum absolute atomic E-state index is 0.0836. The number of anilines is 1. The molecular weight excluding hydrogens is 348 g/mol. The molecule has 0 radical (unpaired) electrons. The molecular formula is C24H32N2O2. The minimum atomic E-state index is -0.0836. The Morgan fingerprint density at radius 2 is 1.68 bits per heavy atom. The zero-order chi connectivity index (χ0) is 19.9. The number of likely N-dealkylation sites (N-methyl/N-ethyl adjacent to an activating group) is 1. The van der Waals surface area contributed by atoms with Crippen molar-refractivity contribution in [3.63, 3.8) is 0 Å². The summed E-state index contributed by atoms with van der Waals surface area (Å²) in [6.07, 6.45) is 2.88. The van der Waals surface area contributed by atoms with Gasteiger partial charge in [0.1, 0.15) is 0 Å². The number of ether oxygens (including phenoxy) is 1. The number of benzene rings is 2. The molecule has 1 saturated heterocycles. The summed E-state index contributed by atoms with van der Waals surface area (Å²) in [5.41, 5.74) is 4.59. The van der Waals surface area contributed by atoms with Crippen LogP contribution in [0.25, 0.3) is 0 Å². The summed E-state index contributed by atoms with van der Waals surface area (Å²) in [5.74, 6) is 0.211. The fourth-order valence-electron chi connectivity index (χ4n) is 3.73. The number of nitrogens with zero attached hydrogens (tertiary/aromatic N) is 2. The van der Waals surface area contributed by atoms with Gasteiger partial charge < -0.3 is 9.64 Å². The Kier molecular flexibility index (Phi) is 7.24. The van der Waals surface area contributed by atoms with E-state index in [1.807, 2.05) is 31.1 Å². The van der Waals surface area contributed by atoms with Crippen molar-refractivity contribution < 1.29 is 9.53 Å². The zero-order valence-electron chi connectivity index (χ0n) is 17.4. The Hall–Kier alpha value is -2.17. The predicted molar refractivity (Wildman–Crippen MR) is 115 cm³/mol. The third-order valence-corrected chi connectivity index (χ3v) is 5.52. The van der Waals surface area contributed by atoms with Crippen LogP contribution in [0.15, 0.2) is 48.5 Å². The normalized spacial score (nSPS) is 15.6. The average Bonchev–Trinajstić information content (AvgIpc) is 2.72. The van der Waals surface area contributed by atoms with Crippen molar-refractivity contribution >= 4 is 11.5 Å². The number of morpholine rings is 1. The molecule has 0 amide bonds. The Labute approximate surface area is 169 Å². The van der Waals surface area contributed by atoms with Crippen LogP contribution in [0, 0.1) is 6.92 Å². The van der Waals surface area contributed by atoms with Crippen molar-refractivity contribution in [1.82, 2.24) is 4.90 Å². The highest BCUT2D eigenvalue weighted by Gasteiger charge is 2.22. The van der Waals surface area contributed by atoms with Crippen molar-refractivity contribution in [1.29, 1.82) is 0 Å². The molecule has 3 rings (SSSR count). The van der Waals surface area contributed by atoms with Crippen molar-refractivity contribution in [2.24, 2.45) is 0 Å². The lowest BCUT2D eigenvalue weighted by molar-refractivity contribution is 0.0864. The molecule has 1 aliphatic heterocycles. The summed E-state index contributed by atoms with van der Waals surface area (Å²) in [6.45, 7) is 5.46. The molecule has 1 heterocycles. The first kappa shape index (κ1) is 20.6. The van der Waals surface area contributed by atoms with Gasteiger partial charge in [0.15, 0.2) is 5.78 Å². The summed E-state index contributed by atoms with van der Waals surface area (Å²) in [5, 5.41) is 0. The van der Waals surface area contributed by atoms with Gasteiger partial charge in [-0.3, -0.25) is 9.69 Å². The molecule has 4 nitrogen and oxygen atoms in total. The van der Waals surface area contributed by atoms with E-state index in [9.17, 15) is 4.79 Å². The maximum absolute atomic E-state index is 13.1. The third kappa shape index (κ3) is 5.43. The van der Waals surface area contributed by atoms with Gasteiger partial charge in [-0.05, 0) is 70.1 Å². The summed E-state index contributed by atoms with van der Waals surface area (Å²) in [6, 6.07) is 16.7. The lowest BCUT2D eigenvalue weighted by Gasteiger charge is -2.29. The molecule has 0 aliphatic carbocycles. The number of hydrogen-bond donors (Lipinski definition) is 0. The first-order chi connectivity index (χ1) is 13.5. The second-order valence-electron chi connectivity index (χ2n) is 7.87. The molecule has 1 fully saturated rings. The van der Waals surface area contributed by atoms with Crippen molar-refractivity contribution in [2.75, 3.05) is 45.3 Å². The number of ketones is 1. The SMILES string of the molecule is Cc1ccc(CCCC(C(=O)c2ccc(N3CCOCC3)cc2)N(C)C)cc1. The van der Waals surface area contributed by atoms with Gasteiger partial charge in [-0.15, -0.1) is 0 Å². The largest absolute Gasteiger partial charge is 0.378 e. The summed E-state index contributed by atoms with van der Waals surface area (Å²) >= 11 is 0. The molecule has 1 aliphatic rings. The van der Waals surface area contributed by atoms with E-state index in [1.54, 1.807) is 0 Å². The Morgan fingerprint density at radius 3 is 2.29 bits per heavy atom. The monoisotopic (exact) mass is 380 g/mol. The highest BCUT2D eigenvalue weighted by Crippen LogP contribution is 2.20. The second-order valence-corrected chi connectivity index (χ2v) is 7.87. The van der Waals surface area contributed by atoms with Crippen molar-refractivity contribution in [3.8, 4) is 0 Å². The third-order valence-electron chi connectivity index (χ3n) is 5.52. The van der Waals surface area contributed by atoms with Gasteiger partial charge >= 0.3 is 0 Å². The summed E-state index contributed by atoms with van der Waals surface area (Å²) in [7, 11) is 3.99. The maximum Gasteiger partial charge on any atom is 0.179 e. The molecule has 0 spiro atoms. The number of aryl methyl sites for hydroxylation is 2. The van der Waals surface area contributed by atoms with E-state index in [2.05, 4.69) is 48.2 Å². The Balaban J connectivity index is 1.59. The lowest BCUT2D eigenvalue weighted by atomic mass is 9.96. The molecule has 1 atom stereocenters. The first-order valence-corrected chi connectivity index (χ1v) is 10.2. The van der Waals surface area contributed by atoms with E-state index in [0.717, 1.165) is 51.1 Å². The van der Waals surface area contributed by atoms with Gasteiger partial charge in [0, 0.05) is 24.3 Å². The number of Topliss-reactive ketones (excluding diaryl/α,β-unsaturated/α-hetero) is 1. The van der Waals surface area contributed by atoms with Gasteiger partial charge in [0.2, 0.25) is 0 Å². The quantitative estimate of drug-likeness (QED) is 0.649. The molecule has 4 heteroatoms. The molecule has 2 aromatic rings. The topological polar surface area (TPSA) is 32.8 Å².